The Morgan fingerprint density at radius 2 is 2.17 bits per heavy atom. The van der Waals surface area contributed by atoms with Crippen LogP contribution in [0.3, 0.4) is 0 Å². The lowest BCUT2D eigenvalue weighted by molar-refractivity contribution is 1.11. The summed E-state index contributed by atoms with van der Waals surface area (Å²) in [4.78, 5) is 4.09. The molecule has 4 heteroatoms. The Morgan fingerprint density at radius 3 is 2.67 bits per heavy atom. The standard InChI is InChI=1S/C8H7Cl2N.ClH/c9-8(10)5-4-7-3-1-2-6-11-7;/h1-3,5-6H,4H2;1H. The smallest absolute Gasteiger partial charge is 0.103 e. The molecule has 1 rings (SSSR count). The molecule has 0 atom stereocenters. The molecule has 1 heterocycles. The minimum atomic E-state index is 0. The zero-order valence-electron chi connectivity index (χ0n) is 6.21. The minimum Gasteiger partial charge on any atom is -0.261 e. The molecule has 0 radical (unpaired) electrons. The number of halogens is 3. The number of hydrogen-bond donors (Lipinski definition) is 0. The summed E-state index contributed by atoms with van der Waals surface area (Å²) in [5.74, 6) is 0. The van der Waals surface area contributed by atoms with Crippen molar-refractivity contribution in [3.05, 3.63) is 40.7 Å². The second-order valence-electron chi connectivity index (χ2n) is 2.02. The second kappa shape index (κ2) is 6.30. The summed E-state index contributed by atoms with van der Waals surface area (Å²) in [7, 11) is 0. The van der Waals surface area contributed by atoms with E-state index in [1.165, 1.54) is 0 Å². The first-order valence-corrected chi connectivity index (χ1v) is 3.95. The molecule has 0 N–H and O–H groups in total. The highest BCUT2D eigenvalue weighted by molar-refractivity contribution is 6.55. The molecule has 0 fully saturated rings. The molecule has 0 amide bonds. The SMILES string of the molecule is Cl.ClC(Cl)=CCc1ccccn1. The minimum absolute atomic E-state index is 0. The molecular weight excluding hydrogens is 216 g/mol. The molecule has 0 aliphatic carbocycles. The van der Waals surface area contributed by atoms with E-state index in [4.69, 9.17) is 23.2 Å². The first-order valence-electron chi connectivity index (χ1n) is 3.20. The predicted octanol–water partition coefficient (Wildman–Crippen LogP) is 3.36. The summed E-state index contributed by atoms with van der Waals surface area (Å²) in [5, 5.41) is 0. The van der Waals surface area contributed by atoms with Crippen molar-refractivity contribution < 1.29 is 0 Å². The lowest BCUT2D eigenvalue weighted by Gasteiger charge is -1.92. The van der Waals surface area contributed by atoms with E-state index in [-0.39, 0.29) is 16.9 Å². The number of aromatic nitrogens is 1. The van der Waals surface area contributed by atoms with Crippen LogP contribution in [-0.4, -0.2) is 4.98 Å². The van der Waals surface area contributed by atoms with Gasteiger partial charge in [-0.3, -0.25) is 4.98 Å². The van der Waals surface area contributed by atoms with Crippen LogP contribution in [0.4, 0.5) is 0 Å². The van der Waals surface area contributed by atoms with E-state index in [9.17, 15) is 0 Å². The number of pyridine rings is 1. The maximum Gasteiger partial charge on any atom is 0.103 e. The van der Waals surface area contributed by atoms with Gasteiger partial charge in [0.2, 0.25) is 0 Å². The maximum atomic E-state index is 5.43. The van der Waals surface area contributed by atoms with Crippen molar-refractivity contribution in [2.24, 2.45) is 0 Å². The molecule has 0 spiro atoms. The third-order valence-corrected chi connectivity index (χ3v) is 1.50. The van der Waals surface area contributed by atoms with Gasteiger partial charge in [0.1, 0.15) is 4.49 Å². The van der Waals surface area contributed by atoms with Crippen molar-refractivity contribution in [3.8, 4) is 0 Å². The zero-order chi connectivity index (χ0) is 8.10. The van der Waals surface area contributed by atoms with Gasteiger partial charge < -0.3 is 0 Å². The van der Waals surface area contributed by atoms with Gasteiger partial charge >= 0.3 is 0 Å². The van der Waals surface area contributed by atoms with Crippen molar-refractivity contribution in [1.82, 2.24) is 4.98 Å². The molecule has 0 bridgehead atoms. The fourth-order valence-corrected chi connectivity index (χ4v) is 0.855. The molecule has 0 aliphatic rings. The summed E-state index contributed by atoms with van der Waals surface area (Å²) in [5.41, 5.74) is 0.964. The van der Waals surface area contributed by atoms with Crippen molar-refractivity contribution in [2.45, 2.75) is 6.42 Å². The summed E-state index contributed by atoms with van der Waals surface area (Å²) < 4.78 is 0.288. The van der Waals surface area contributed by atoms with Crippen LogP contribution in [0.5, 0.6) is 0 Å². The van der Waals surface area contributed by atoms with Gasteiger partial charge in [-0.25, -0.2) is 0 Å². The summed E-state index contributed by atoms with van der Waals surface area (Å²) in [6.45, 7) is 0. The first kappa shape index (κ1) is 11.8. The van der Waals surface area contributed by atoms with Crippen molar-refractivity contribution >= 4 is 35.6 Å². The fraction of sp³-hybridized carbons (Fsp3) is 0.125. The number of hydrogen-bond acceptors (Lipinski definition) is 1. The molecule has 1 aromatic rings. The Hall–Kier alpha value is -0.240. The van der Waals surface area contributed by atoms with Gasteiger partial charge in [0, 0.05) is 18.3 Å². The number of nitrogens with zero attached hydrogens (tertiary/aromatic N) is 1. The van der Waals surface area contributed by atoms with Crippen LogP contribution in [-0.2, 0) is 6.42 Å². The zero-order valence-corrected chi connectivity index (χ0v) is 8.53. The summed E-state index contributed by atoms with van der Waals surface area (Å²) in [6, 6.07) is 5.72. The molecule has 12 heavy (non-hydrogen) atoms. The Morgan fingerprint density at radius 1 is 1.42 bits per heavy atom. The van der Waals surface area contributed by atoms with Gasteiger partial charge in [-0.05, 0) is 18.2 Å². The molecule has 1 aromatic heterocycles. The molecule has 0 saturated heterocycles. The highest BCUT2D eigenvalue weighted by Crippen LogP contribution is 2.07. The van der Waals surface area contributed by atoms with Crippen molar-refractivity contribution in [3.63, 3.8) is 0 Å². The highest BCUT2D eigenvalue weighted by atomic mass is 35.5. The molecule has 0 saturated carbocycles. The number of rotatable bonds is 2. The Balaban J connectivity index is 0.00000121. The van der Waals surface area contributed by atoms with Crippen molar-refractivity contribution in [2.75, 3.05) is 0 Å². The van der Waals surface area contributed by atoms with E-state index in [1.54, 1.807) is 12.3 Å². The molecular formula is C8H8Cl3N. The summed E-state index contributed by atoms with van der Waals surface area (Å²) in [6.07, 6.45) is 4.14. The van der Waals surface area contributed by atoms with Gasteiger partial charge in [0.25, 0.3) is 0 Å². The van der Waals surface area contributed by atoms with Crippen LogP contribution in [0.25, 0.3) is 0 Å². The predicted molar refractivity (Wildman–Crippen MR) is 55.0 cm³/mol. The van der Waals surface area contributed by atoms with E-state index in [0.717, 1.165) is 5.69 Å². The van der Waals surface area contributed by atoms with Gasteiger partial charge in [0.15, 0.2) is 0 Å². The van der Waals surface area contributed by atoms with E-state index in [0.29, 0.717) is 6.42 Å². The Labute approximate surface area is 87.8 Å². The average molecular weight is 225 g/mol. The molecule has 1 nitrogen and oxygen atoms in total. The van der Waals surface area contributed by atoms with Crippen molar-refractivity contribution in [1.29, 1.82) is 0 Å². The van der Waals surface area contributed by atoms with Gasteiger partial charge in [-0.1, -0.05) is 29.3 Å². The highest BCUT2D eigenvalue weighted by Gasteiger charge is 1.89. The van der Waals surface area contributed by atoms with Crippen LogP contribution in [0.15, 0.2) is 35.0 Å². The molecule has 66 valence electrons. The molecule has 0 unspecified atom stereocenters. The summed E-state index contributed by atoms with van der Waals surface area (Å²) >= 11 is 10.9. The van der Waals surface area contributed by atoms with Crippen LogP contribution < -0.4 is 0 Å². The monoisotopic (exact) mass is 223 g/mol. The van der Waals surface area contributed by atoms with Crippen LogP contribution >= 0.6 is 35.6 Å². The van der Waals surface area contributed by atoms with Crippen LogP contribution in [0.2, 0.25) is 0 Å². The van der Waals surface area contributed by atoms with E-state index in [1.807, 2.05) is 18.2 Å². The average Bonchev–Trinajstić information content (AvgIpc) is 2.03. The topological polar surface area (TPSA) is 12.9 Å². The fourth-order valence-electron chi connectivity index (χ4n) is 0.701. The first-order chi connectivity index (χ1) is 5.29. The third-order valence-electron chi connectivity index (χ3n) is 1.19. The van der Waals surface area contributed by atoms with Gasteiger partial charge in [-0.2, -0.15) is 0 Å². The van der Waals surface area contributed by atoms with E-state index in [2.05, 4.69) is 4.98 Å². The largest absolute Gasteiger partial charge is 0.261 e. The van der Waals surface area contributed by atoms with Gasteiger partial charge in [0.05, 0.1) is 0 Å². The Bertz CT molecular complexity index is 242. The van der Waals surface area contributed by atoms with E-state index >= 15 is 0 Å². The van der Waals surface area contributed by atoms with Gasteiger partial charge in [-0.15, -0.1) is 12.4 Å². The lowest BCUT2D eigenvalue weighted by Crippen LogP contribution is -1.84. The number of allylic oxidation sites excluding steroid dienone is 1. The second-order valence-corrected chi connectivity index (χ2v) is 3.03. The van der Waals surface area contributed by atoms with Crippen LogP contribution in [0, 0.1) is 0 Å². The maximum absolute atomic E-state index is 5.43. The molecule has 0 aromatic carbocycles. The quantitative estimate of drug-likeness (QED) is 0.751. The third kappa shape index (κ3) is 4.60. The lowest BCUT2D eigenvalue weighted by atomic mass is 10.3. The van der Waals surface area contributed by atoms with Crippen LogP contribution in [0.1, 0.15) is 5.69 Å². The van der Waals surface area contributed by atoms with E-state index < -0.39 is 0 Å². The Kier molecular flexibility index (Phi) is 6.17. The normalized spacial score (nSPS) is 8.50. The molecule has 0 aliphatic heterocycles.